The molecule has 2 N–H and O–H groups in total. The first-order chi connectivity index (χ1) is 14.0. The molecule has 2 aromatic rings. The summed E-state index contributed by atoms with van der Waals surface area (Å²) in [5.74, 6) is 0. The van der Waals surface area contributed by atoms with Crippen LogP contribution in [-0.2, 0) is 0 Å². The van der Waals surface area contributed by atoms with Gasteiger partial charge in [-0.1, -0.05) is 30.4 Å². The molecule has 1 aromatic heterocycles. The van der Waals surface area contributed by atoms with Crippen molar-refractivity contribution >= 4 is 22.8 Å². The Labute approximate surface area is 174 Å². The number of aryl methyl sites for hydroxylation is 1. The van der Waals surface area contributed by atoms with Gasteiger partial charge in [0.1, 0.15) is 0 Å². The Kier molecular flexibility index (Phi) is 6.89. The summed E-state index contributed by atoms with van der Waals surface area (Å²) in [4.78, 5) is 13.8. The van der Waals surface area contributed by atoms with Crippen LogP contribution in [0.3, 0.4) is 0 Å². The first-order valence-electron chi connectivity index (χ1n) is 10.2. The monoisotopic (exact) mass is 386 g/mol. The zero-order valence-corrected chi connectivity index (χ0v) is 17.7. The van der Waals surface area contributed by atoms with Crippen LogP contribution in [0.2, 0.25) is 0 Å². The Bertz CT molecular complexity index is 995. The number of benzene rings is 1. The minimum atomic E-state index is 0.566. The SMILES string of the molecule is C=C(N=C(CCN)/C(C)=C(\C)CCCC1=Nc2ccccc21)c1cccnc1C. The number of hydrogen-bond donors (Lipinski definition) is 1. The highest BCUT2D eigenvalue weighted by Gasteiger charge is 2.17. The highest BCUT2D eigenvalue weighted by Crippen LogP contribution is 2.31. The molecule has 0 saturated heterocycles. The molecule has 0 atom stereocenters. The van der Waals surface area contributed by atoms with E-state index in [1.54, 1.807) is 6.20 Å². The molecule has 2 heterocycles. The van der Waals surface area contributed by atoms with E-state index in [9.17, 15) is 0 Å². The van der Waals surface area contributed by atoms with Gasteiger partial charge in [-0.05, 0) is 70.4 Å². The molecule has 0 radical (unpaired) electrons. The van der Waals surface area contributed by atoms with Gasteiger partial charge in [0, 0.05) is 35.2 Å². The van der Waals surface area contributed by atoms with Gasteiger partial charge in [-0.25, -0.2) is 0 Å². The van der Waals surface area contributed by atoms with E-state index < -0.39 is 0 Å². The van der Waals surface area contributed by atoms with Gasteiger partial charge in [-0.2, -0.15) is 0 Å². The van der Waals surface area contributed by atoms with E-state index in [0.29, 0.717) is 6.54 Å². The van der Waals surface area contributed by atoms with Crippen LogP contribution in [0.1, 0.15) is 56.4 Å². The average Bonchev–Trinajstić information content (AvgIpc) is 2.70. The number of pyridine rings is 1. The van der Waals surface area contributed by atoms with Crippen molar-refractivity contribution in [3.63, 3.8) is 0 Å². The van der Waals surface area contributed by atoms with E-state index in [1.807, 2.05) is 25.1 Å². The van der Waals surface area contributed by atoms with Crippen LogP contribution in [0.5, 0.6) is 0 Å². The predicted molar refractivity (Wildman–Crippen MR) is 124 cm³/mol. The van der Waals surface area contributed by atoms with Gasteiger partial charge in [0.05, 0.1) is 17.1 Å². The van der Waals surface area contributed by atoms with Crippen molar-refractivity contribution in [2.24, 2.45) is 15.7 Å². The van der Waals surface area contributed by atoms with E-state index in [-0.39, 0.29) is 0 Å². The summed E-state index contributed by atoms with van der Waals surface area (Å²) >= 11 is 0. The van der Waals surface area contributed by atoms with Crippen LogP contribution in [0.4, 0.5) is 5.69 Å². The van der Waals surface area contributed by atoms with Gasteiger partial charge in [0.15, 0.2) is 0 Å². The summed E-state index contributed by atoms with van der Waals surface area (Å²) in [5, 5.41) is 0. The zero-order chi connectivity index (χ0) is 20.8. The van der Waals surface area contributed by atoms with Crippen molar-refractivity contribution in [1.29, 1.82) is 0 Å². The number of para-hydroxylation sites is 1. The van der Waals surface area contributed by atoms with Gasteiger partial charge in [0.2, 0.25) is 0 Å². The quantitative estimate of drug-likeness (QED) is 0.554. The molecule has 0 saturated carbocycles. The maximum atomic E-state index is 5.86. The lowest BCUT2D eigenvalue weighted by Crippen LogP contribution is -2.11. The maximum Gasteiger partial charge on any atom is 0.0723 e. The molecule has 0 spiro atoms. The fraction of sp³-hybridized carbons (Fsp3) is 0.320. The fourth-order valence-electron chi connectivity index (χ4n) is 3.59. The van der Waals surface area contributed by atoms with Crippen molar-refractivity contribution < 1.29 is 0 Å². The lowest BCUT2D eigenvalue weighted by Gasteiger charge is -2.18. The standard InChI is InChI=1S/C25H30N4/c1-17(9-7-13-25-22-10-5-6-12-24(22)29-25)18(2)23(14-15-26)28-20(4)21-11-8-16-27-19(21)3/h5-6,8,10-12,16H,4,7,9,13-15,26H2,1-3H3/b18-17+,28-23?. The van der Waals surface area contributed by atoms with E-state index in [0.717, 1.165) is 54.0 Å². The topological polar surface area (TPSA) is 63.6 Å². The number of allylic oxidation sites excluding steroid dienone is 2. The van der Waals surface area contributed by atoms with Crippen molar-refractivity contribution in [2.75, 3.05) is 6.54 Å². The highest BCUT2D eigenvalue weighted by molar-refractivity contribution is 6.12. The minimum absolute atomic E-state index is 0.566. The van der Waals surface area contributed by atoms with Crippen LogP contribution >= 0.6 is 0 Å². The summed E-state index contributed by atoms with van der Waals surface area (Å²) in [6.45, 7) is 11.0. The van der Waals surface area contributed by atoms with Crippen LogP contribution in [0.15, 0.2) is 70.3 Å². The van der Waals surface area contributed by atoms with Gasteiger partial charge in [0.25, 0.3) is 0 Å². The Morgan fingerprint density at radius 2 is 1.90 bits per heavy atom. The van der Waals surface area contributed by atoms with Gasteiger partial charge < -0.3 is 5.73 Å². The molecule has 1 aliphatic heterocycles. The largest absolute Gasteiger partial charge is 0.330 e. The Morgan fingerprint density at radius 3 is 2.62 bits per heavy atom. The third-order valence-electron chi connectivity index (χ3n) is 5.48. The summed E-state index contributed by atoms with van der Waals surface area (Å²) in [6.07, 6.45) is 5.63. The van der Waals surface area contributed by atoms with E-state index in [1.165, 1.54) is 22.4 Å². The Balaban J connectivity index is 1.67. The molecule has 3 rings (SSSR count). The van der Waals surface area contributed by atoms with Crippen LogP contribution < -0.4 is 5.73 Å². The van der Waals surface area contributed by atoms with E-state index >= 15 is 0 Å². The highest BCUT2D eigenvalue weighted by atomic mass is 14.8. The molecular formula is C25H30N4. The molecule has 0 bridgehead atoms. The molecule has 29 heavy (non-hydrogen) atoms. The second-order valence-corrected chi connectivity index (χ2v) is 7.51. The first-order valence-corrected chi connectivity index (χ1v) is 10.2. The third kappa shape index (κ3) is 4.96. The van der Waals surface area contributed by atoms with E-state index in [4.69, 9.17) is 10.7 Å². The van der Waals surface area contributed by atoms with Crippen molar-refractivity contribution in [2.45, 2.75) is 46.5 Å². The summed E-state index contributed by atoms with van der Waals surface area (Å²) in [7, 11) is 0. The molecule has 4 nitrogen and oxygen atoms in total. The number of rotatable bonds is 9. The summed E-state index contributed by atoms with van der Waals surface area (Å²) in [5.41, 5.74) is 15.8. The fourth-order valence-corrected chi connectivity index (χ4v) is 3.59. The van der Waals surface area contributed by atoms with Gasteiger partial charge >= 0.3 is 0 Å². The van der Waals surface area contributed by atoms with Crippen molar-refractivity contribution in [3.05, 3.63) is 77.1 Å². The van der Waals surface area contributed by atoms with Crippen LogP contribution in [-0.4, -0.2) is 23.0 Å². The normalized spacial score (nSPS) is 13.9. The summed E-state index contributed by atoms with van der Waals surface area (Å²) in [6, 6.07) is 12.3. The van der Waals surface area contributed by atoms with Crippen molar-refractivity contribution in [1.82, 2.24) is 4.98 Å². The number of hydrogen-bond acceptors (Lipinski definition) is 4. The number of nitrogens with two attached hydrogens (primary N) is 1. The number of nitrogens with zero attached hydrogens (tertiary/aromatic N) is 3. The van der Waals surface area contributed by atoms with Crippen LogP contribution in [0, 0.1) is 6.92 Å². The molecule has 150 valence electrons. The molecule has 0 fully saturated rings. The molecular weight excluding hydrogens is 356 g/mol. The maximum absolute atomic E-state index is 5.86. The second kappa shape index (κ2) is 9.57. The second-order valence-electron chi connectivity index (χ2n) is 7.51. The smallest absolute Gasteiger partial charge is 0.0723 e. The Hall–Kier alpha value is -2.85. The first kappa shape index (κ1) is 20.9. The zero-order valence-electron chi connectivity index (χ0n) is 17.7. The molecule has 0 unspecified atom stereocenters. The summed E-state index contributed by atoms with van der Waals surface area (Å²) < 4.78 is 0. The lowest BCUT2D eigenvalue weighted by molar-refractivity contribution is 0.844. The van der Waals surface area contributed by atoms with Gasteiger partial charge in [-0.3, -0.25) is 15.0 Å². The minimum Gasteiger partial charge on any atom is -0.330 e. The molecule has 4 heteroatoms. The number of aliphatic imine (C=N–C) groups is 2. The predicted octanol–water partition coefficient (Wildman–Crippen LogP) is 5.79. The van der Waals surface area contributed by atoms with E-state index in [2.05, 4.69) is 48.6 Å². The van der Waals surface area contributed by atoms with Crippen LogP contribution in [0.25, 0.3) is 5.70 Å². The number of aromatic nitrogens is 1. The number of fused-ring (bicyclic) bond motifs is 1. The third-order valence-corrected chi connectivity index (χ3v) is 5.48. The Morgan fingerprint density at radius 1 is 1.10 bits per heavy atom. The average molecular weight is 387 g/mol. The lowest BCUT2D eigenvalue weighted by atomic mass is 9.94. The molecule has 0 amide bonds. The molecule has 1 aliphatic rings. The molecule has 1 aromatic carbocycles. The molecule has 0 aliphatic carbocycles. The van der Waals surface area contributed by atoms with Gasteiger partial charge in [-0.15, -0.1) is 0 Å². The van der Waals surface area contributed by atoms with Crippen molar-refractivity contribution in [3.8, 4) is 0 Å².